The molecule has 2 aliphatic rings. The fourth-order valence-corrected chi connectivity index (χ4v) is 2.52. The van der Waals surface area contributed by atoms with Gasteiger partial charge in [0.25, 0.3) is 0 Å². The zero-order valence-electron chi connectivity index (χ0n) is 12.4. The van der Waals surface area contributed by atoms with E-state index in [2.05, 4.69) is 41.0 Å². The average molecular weight is 254 g/mol. The van der Waals surface area contributed by atoms with Gasteiger partial charge >= 0.3 is 0 Å². The summed E-state index contributed by atoms with van der Waals surface area (Å²) in [6.07, 6.45) is 2.79. The molecule has 0 aromatic heterocycles. The molecule has 1 aliphatic carbocycles. The van der Waals surface area contributed by atoms with Crippen molar-refractivity contribution in [1.82, 2.24) is 20.0 Å². The molecule has 2 fully saturated rings. The Balaban J connectivity index is 1.59. The molecule has 0 aromatic rings. The Morgan fingerprint density at radius 2 is 1.83 bits per heavy atom. The molecule has 0 bridgehead atoms. The number of rotatable bonds is 7. The van der Waals surface area contributed by atoms with E-state index in [-0.39, 0.29) is 0 Å². The molecule has 0 radical (unpaired) electrons. The van der Waals surface area contributed by atoms with E-state index < -0.39 is 0 Å². The van der Waals surface area contributed by atoms with Gasteiger partial charge in [0.05, 0.1) is 0 Å². The van der Waals surface area contributed by atoms with Crippen molar-refractivity contribution in [1.29, 1.82) is 0 Å². The predicted molar refractivity (Wildman–Crippen MR) is 77.1 cm³/mol. The molecule has 4 heteroatoms. The van der Waals surface area contributed by atoms with E-state index in [1.807, 2.05) is 0 Å². The van der Waals surface area contributed by atoms with Crippen LogP contribution >= 0.6 is 0 Å². The Morgan fingerprint density at radius 1 is 1.17 bits per heavy atom. The number of hydrogen-bond acceptors (Lipinski definition) is 4. The van der Waals surface area contributed by atoms with Crippen molar-refractivity contribution in [2.24, 2.45) is 0 Å². The third-order valence-electron chi connectivity index (χ3n) is 4.17. The van der Waals surface area contributed by atoms with Crippen LogP contribution in [0.3, 0.4) is 0 Å². The summed E-state index contributed by atoms with van der Waals surface area (Å²) in [5, 5.41) is 3.64. The Hall–Kier alpha value is -0.160. The van der Waals surface area contributed by atoms with Crippen LogP contribution in [0.2, 0.25) is 0 Å². The zero-order valence-corrected chi connectivity index (χ0v) is 12.4. The van der Waals surface area contributed by atoms with Gasteiger partial charge in [-0.15, -0.1) is 0 Å². The zero-order chi connectivity index (χ0) is 13.0. The van der Waals surface area contributed by atoms with Gasteiger partial charge in [-0.2, -0.15) is 0 Å². The van der Waals surface area contributed by atoms with Gasteiger partial charge in [0.15, 0.2) is 0 Å². The standard InChI is InChI=1S/C14H30N4/c1-13(12-15-14-4-5-14)18-10-8-17(9-11-18)7-6-16(2)3/h13-15H,4-12H2,1-3H3. The molecular weight excluding hydrogens is 224 g/mol. The monoisotopic (exact) mass is 254 g/mol. The molecule has 2 rings (SSSR count). The molecular formula is C14H30N4. The summed E-state index contributed by atoms with van der Waals surface area (Å²) in [6.45, 7) is 10.9. The summed E-state index contributed by atoms with van der Waals surface area (Å²) >= 11 is 0. The normalized spacial score (nSPS) is 24.7. The minimum Gasteiger partial charge on any atom is -0.312 e. The molecule has 1 unspecified atom stereocenters. The summed E-state index contributed by atoms with van der Waals surface area (Å²) in [6, 6.07) is 1.54. The van der Waals surface area contributed by atoms with Gasteiger partial charge in [-0.3, -0.25) is 9.80 Å². The number of hydrogen-bond donors (Lipinski definition) is 1. The Kier molecular flexibility index (Phi) is 5.42. The summed E-state index contributed by atoms with van der Waals surface area (Å²) in [7, 11) is 4.31. The minimum atomic E-state index is 0.696. The maximum atomic E-state index is 3.64. The lowest BCUT2D eigenvalue weighted by molar-refractivity contribution is 0.0969. The van der Waals surface area contributed by atoms with Crippen LogP contribution in [0, 0.1) is 0 Å². The molecule has 4 nitrogen and oxygen atoms in total. The minimum absolute atomic E-state index is 0.696. The van der Waals surface area contributed by atoms with E-state index in [1.165, 1.54) is 58.7 Å². The highest BCUT2D eigenvalue weighted by atomic mass is 15.3. The second-order valence-electron chi connectivity index (χ2n) is 6.21. The molecule has 1 atom stereocenters. The molecule has 18 heavy (non-hydrogen) atoms. The highest BCUT2D eigenvalue weighted by molar-refractivity contribution is 4.84. The summed E-state index contributed by atoms with van der Waals surface area (Å²) in [4.78, 5) is 7.51. The first-order valence-electron chi connectivity index (χ1n) is 7.49. The van der Waals surface area contributed by atoms with Gasteiger partial charge < -0.3 is 10.2 Å². The van der Waals surface area contributed by atoms with Gasteiger partial charge in [-0.05, 0) is 33.9 Å². The fraction of sp³-hybridized carbons (Fsp3) is 1.00. The van der Waals surface area contributed by atoms with Gasteiger partial charge in [0.2, 0.25) is 0 Å². The van der Waals surface area contributed by atoms with E-state index in [0.717, 1.165) is 6.04 Å². The van der Waals surface area contributed by atoms with Gasteiger partial charge in [0.1, 0.15) is 0 Å². The largest absolute Gasteiger partial charge is 0.312 e. The van der Waals surface area contributed by atoms with Crippen molar-refractivity contribution in [3.05, 3.63) is 0 Å². The molecule has 1 N–H and O–H groups in total. The first-order valence-corrected chi connectivity index (χ1v) is 7.49. The van der Waals surface area contributed by atoms with E-state index in [0.29, 0.717) is 6.04 Å². The molecule has 1 saturated carbocycles. The van der Waals surface area contributed by atoms with Gasteiger partial charge in [0, 0.05) is 57.9 Å². The van der Waals surface area contributed by atoms with Crippen LogP contribution in [0.5, 0.6) is 0 Å². The van der Waals surface area contributed by atoms with Crippen molar-refractivity contribution in [3.8, 4) is 0 Å². The summed E-state index contributed by atoms with van der Waals surface area (Å²) < 4.78 is 0. The Labute approximate surface area is 112 Å². The lowest BCUT2D eigenvalue weighted by Crippen LogP contribution is -2.52. The summed E-state index contributed by atoms with van der Waals surface area (Å²) in [5.74, 6) is 0. The Bertz CT molecular complexity index is 232. The van der Waals surface area contributed by atoms with Gasteiger partial charge in [-0.25, -0.2) is 0 Å². The van der Waals surface area contributed by atoms with Crippen molar-refractivity contribution < 1.29 is 0 Å². The lowest BCUT2D eigenvalue weighted by atomic mass is 10.2. The maximum absolute atomic E-state index is 3.64. The Morgan fingerprint density at radius 3 is 2.39 bits per heavy atom. The van der Waals surface area contributed by atoms with E-state index in [9.17, 15) is 0 Å². The van der Waals surface area contributed by atoms with E-state index in [1.54, 1.807) is 0 Å². The second kappa shape index (κ2) is 6.85. The first-order chi connectivity index (χ1) is 8.65. The number of likely N-dealkylation sites (N-methyl/N-ethyl adjacent to an activating group) is 1. The third-order valence-corrected chi connectivity index (χ3v) is 4.17. The number of nitrogens with zero attached hydrogens (tertiary/aromatic N) is 3. The number of nitrogens with one attached hydrogen (secondary N) is 1. The molecule has 1 saturated heterocycles. The predicted octanol–water partition coefficient (Wildman–Crippen LogP) is 0.306. The molecule has 1 aliphatic heterocycles. The highest BCUT2D eigenvalue weighted by Crippen LogP contribution is 2.18. The third kappa shape index (κ3) is 4.84. The smallest absolute Gasteiger partial charge is 0.0193 e. The lowest BCUT2D eigenvalue weighted by Gasteiger charge is -2.38. The van der Waals surface area contributed by atoms with Crippen LogP contribution in [-0.4, -0.2) is 86.7 Å². The van der Waals surface area contributed by atoms with Crippen molar-refractivity contribution >= 4 is 0 Å². The SMILES string of the molecule is CC(CNC1CC1)N1CCN(CCN(C)C)CC1. The van der Waals surface area contributed by atoms with Crippen LogP contribution < -0.4 is 5.32 Å². The average Bonchev–Trinajstić information content (AvgIpc) is 3.18. The van der Waals surface area contributed by atoms with E-state index >= 15 is 0 Å². The molecule has 0 aromatic carbocycles. The highest BCUT2D eigenvalue weighted by Gasteiger charge is 2.24. The van der Waals surface area contributed by atoms with Crippen LogP contribution in [-0.2, 0) is 0 Å². The van der Waals surface area contributed by atoms with Crippen LogP contribution in [0.4, 0.5) is 0 Å². The molecule has 106 valence electrons. The van der Waals surface area contributed by atoms with Crippen molar-refractivity contribution in [2.75, 3.05) is 59.9 Å². The molecule has 1 heterocycles. The number of piperazine rings is 1. The second-order valence-corrected chi connectivity index (χ2v) is 6.21. The topological polar surface area (TPSA) is 21.8 Å². The van der Waals surface area contributed by atoms with Crippen molar-refractivity contribution in [2.45, 2.75) is 31.8 Å². The van der Waals surface area contributed by atoms with E-state index in [4.69, 9.17) is 0 Å². The fourth-order valence-electron chi connectivity index (χ4n) is 2.52. The first kappa shape index (κ1) is 14.3. The van der Waals surface area contributed by atoms with Crippen LogP contribution in [0.15, 0.2) is 0 Å². The van der Waals surface area contributed by atoms with Gasteiger partial charge in [-0.1, -0.05) is 0 Å². The quantitative estimate of drug-likeness (QED) is 0.706. The molecule has 0 amide bonds. The van der Waals surface area contributed by atoms with Crippen LogP contribution in [0.25, 0.3) is 0 Å². The summed E-state index contributed by atoms with van der Waals surface area (Å²) in [5.41, 5.74) is 0. The maximum Gasteiger partial charge on any atom is 0.0193 e. The van der Waals surface area contributed by atoms with Crippen molar-refractivity contribution in [3.63, 3.8) is 0 Å². The molecule has 0 spiro atoms. The van der Waals surface area contributed by atoms with Crippen LogP contribution in [0.1, 0.15) is 19.8 Å².